The van der Waals surface area contributed by atoms with Crippen LogP contribution >= 0.6 is 11.8 Å². The zero-order valence-corrected chi connectivity index (χ0v) is 10.8. The van der Waals surface area contributed by atoms with Crippen LogP contribution in [-0.2, 0) is 7.05 Å². The van der Waals surface area contributed by atoms with Crippen molar-refractivity contribution in [3.8, 4) is 11.4 Å². The van der Waals surface area contributed by atoms with Crippen LogP contribution < -0.4 is 0 Å². The summed E-state index contributed by atoms with van der Waals surface area (Å²) in [5.41, 5.74) is 0.484. The summed E-state index contributed by atoms with van der Waals surface area (Å²) in [6.07, 6.45) is 0. The second-order valence-corrected chi connectivity index (χ2v) is 5.56. The summed E-state index contributed by atoms with van der Waals surface area (Å²) in [5, 5.41) is 9.36. The Labute approximate surface area is 104 Å². The SMILES string of the molecule is CC(C)Sc1nnc(-c2ccccc2F)n1C. The van der Waals surface area contributed by atoms with Crippen LogP contribution in [-0.4, -0.2) is 20.0 Å². The van der Waals surface area contributed by atoms with Gasteiger partial charge >= 0.3 is 0 Å². The number of hydrogen-bond acceptors (Lipinski definition) is 3. The Balaban J connectivity index is 2.41. The first-order valence-corrected chi connectivity index (χ1v) is 6.28. The average molecular weight is 251 g/mol. The molecular weight excluding hydrogens is 237 g/mol. The van der Waals surface area contributed by atoms with Gasteiger partial charge in [-0.25, -0.2) is 4.39 Å². The highest BCUT2D eigenvalue weighted by molar-refractivity contribution is 7.99. The molecule has 1 heterocycles. The second-order valence-electron chi connectivity index (χ2n) is 4.01. The van der Waals surface area contributed by atoms with Crippen molar-refractivity contribution in [2.24, 2.45) is 7.05 Å². The molecule has 0 atom stereocenters. The first-order valence-electron chi connectivity index (χ1n) is 5.40. The molecule has 0 saturated heterocycles. The van der Waals surface area contributed by atoms with Crippen LogP contribution in [0.25, 0.3) is 11.4 Å². The van der Waals surface area contributed by atoms with Crippen molar-refractivity contribution in [3.05, 3.63) is 30.1 Å². The zero-order chi connectivity index (χ0) is 12.4. The fourth-order valence-electron chi connectivity index (χ4n) is 1.51. The van der Waals surface area contributed by atoms with Gasteiger partial charge in [-0.15, -0.1) is 10.2 Å². The Morgan fingerprint density at radius 1 is 1.24 bits per heavy atom. The van der Waals surface area contributed by atoms with E-state index in [0.717, 1.165) is 5.16 Å². The summed E-state index contributed by atoms with van der Waals surface area (Å²) in [6, 6.07) is 6.60. The molecule has 5 heteroatoms. The van der Waals surface area contributed by atoms with Gasteiger partial charge in [-0.05, 0) is 12.1 Å². The summed E-state index contributed by atoms with van der Waals surface area (Å²) in [4.78, 5) is 0. The van der Waals surface area contributed by atoms with Crippen molar-refractivity contribution in [1.29, 1.82) is 0 Å². The number of benzene rings is 1. The summed E-state index contributed by atoms with van der Waals surface area (Å²) in [6.45, 7) is 4.17. The average Bonchev–Trinajstić information content (AvgIpc) is 2.61. The Morgan fingerprint density at radius 2 is 1.94 bits per heavy atom. The van der Waals surface area contributed by atoms with Crippen molar-refractivity contribution in [1.82, 2.24) is 14.8 Å². The zero-order valence-electron chi connectivity index (χ0n) is 10.0. The lowest BCUT2D eigenvalue weighted by Gasteiger charge is -2.05. The molecule has 0 spiro atoms. The molecule has 90 valence electrons. The van der Waals surface area contributed by atoms with E-state index in [2.05, 4.69) is 24.0 Å². The molecule has 2 rings (SSSR count). The number of halogens is 1. The molecule has 0 aliphatic carbocycles. The number of aromatic nitrogens is 3. The van der Waals surface area contributed by atoms with E-state index >= 15 is 0 Å². The van der Waals surface area contributed by atoms with E-state index in [4.69, 9.17) is 0 Å². The summed E-state index contributed by atoms with van der Waals surface area (Å²) >= 11 is 1.61. The minimum Gasteiger partial charge on any atom is -0.305 e. The Bertz CT molecular complexity index is 522. The smallest absolute Gasteiger partial charge is 0.191 e. The lowest BCUT2D eigenvalue weighted by molar-refractivity contribution is 0.628. The molecule has 0 unspecified atom stereocenters. The normalized spacial score (nSPS) is 11.1. The van der Waals surface area contributed by atoms with Gasteiger partial charge in [-0.2, -0.15) is 0 Å². The largest absolute Gasteiger partial charge is 0.305 e. The van der Waals surface area contributed by atoms with Crippen LogP contribution in [0, 0.1) is 5.82 Å². The predicted molar refractivity (Wildman–Crippen MR) is 67.4 cm³/mol. The van der Waals surface area contributed by atoms with Gasteiger partial charge in [0.2, 0.25) is 0 Å². The van der Waals surface area contributed by atoms with E-state index < -0.39 is 0 Å². The molecule has 0 amide bonds. The molecule has 2 aromatic rings. The lowest BCUT2D eigenvalue weighted by atomic mass is 10.2. The summed E-state index contributed by atoms with van der Waals surface area (Å²) < 4.78 is 15.5. The maximum atomic E-state index is 13.6. The van der Waals surface area contributed by atoms with Crippen LogP contribution in [0.2, 0.25) is 0 Å². The van der Waals surface area contributed by atoms with E-state index in [1.807, 2.05) is 11.6 Å². The Morgan fingerprint density at radius 3 is 2.59 bits per heavy atom. The third-order valence-corrected chi connectivity index (χ3v) is 3.33. The van der Waals surface area contributed by atoms with Crippen LogP contribution in [0.5, 0.6) is 0 Å². The predicted octanol–water partition coefficient (Wildman–Crippen LogP) is 3.12. The molecule has 17 heavy (non-hydrogen) atoms. The topological polar surface area (TPSA) is 30.7 Å². The number of hydrogen-bond donors (Lipinski definition) is 0. The van der Waals surface area contributed by atoms with Crippen molar-refractivity contribution >= 4 is 11.8 Å². The molecule has 0 fully saturated rings. The summed E-state index contributed by atoms with van der Waals surface area (Å²) in [7, 11) is 1.85. The molecular formula is C12H14FN3S. The van der Waals surface area contributed by atoms with Gasteiger partial charge in [-0.3, -0.25) is 0 Å². The minimum absolute atomic E-state index is 0.274. The highest BCUT2D eigenvalue weighted by Gasteiger charge is 2.14. The van der Waals surface area contributed by atoms with Crippen molar-refractivity contribution in [3.63, 3.8) is 0 Å². The molecule has 3 nitrogen and oxygen atoms in total. The van der Waals surface area contributed by atoms with Crippen molar-refractivity contribution in [2.75, 3.05) is 0 Å². The quantitative estimate of drug-likeness (QED) is 0.785. The van der Waals surface area contributed by atoms with Crippen LogP contribution in [0.15, 0.2) is 29.4 Å². The number of thioether (sulfide) groups is 1. The fraction of sp³-hybridized carbons (Fsp3) is 0.333. The standard InChI is InChI=1S/C12H14FN3S/c1-8(2)17-12-15-14-11(16(12)3)9-6-4-5-7-10(9)13/h4-8H,1-3H3. The third kappa shape index (κ3) is 2.49. The maximum Gasteiger partial charge on any atom is 0.191 e. The number of rotatable bonds is 3. The third-order valence-electron chi connectivity index (χ3n) is 2.29. The highest BCUT2D eigenvalue weighted by atomic mass is 32.2. The molecule has 0 saturated carbocycles. The van der Waals surface area contributed by atoms with Gasteiger partial charge in [0, 0.05) is 12.3 Å². The van der Waals surface area contributed by atoms with Gasteiger partial charge in [0.1, 0.15) is 5.82 Å². The van der Waals surface area contributed by atoms with Crippen molar-refractivity contribution < 1.29 is 4.39 Å². The molecule has 0 aliphatic heterocycles. The first kappa shape index (κ1) is 12.1. The van der Waals surface area contributed by atoms with Crippen LogP contribution in [0.4, 0.5) is 4.39 Å². The maximum absolute atomic E-state index is 13.6. The highest BCUT2D eigenvalue weighted by Crippen LogP contribution is 2.26. The van der Waals surface area contributed by atoms with Gasteiger partial charge in [0.25, 0.3) is 0 Å². The second kappa shape index (κ2) is 4.87. The molecule has 0 bridgehead atoms. The minimum atomic E-state index is -0.274. The first-order chi connectivity index (χ1) is 8.09. The number of nitrogens with zero attached hydrogens (tertiary/aromatic N) is 3. The Kier molecular flexibility index (Phi) is 3.47. The van der Waals surface area contributed by atoms with E-state index in [9.17, 15) is 4.39 Å². The van der Waals surface area contributed by atoms with Crippen LogP contribution in [0.1, 0.15) is 13.8 Å². The molecule has 0 aliphatic rings. The Hall–Kier alpha value is -1.36. The van der Waals surface area contributed by atoms with Gasteiger partial charge in [0.15, 0.2) is 11.0 Å². The monoisotopic (exact) mass is 251 g/mol. The summed E-state index contributed by atoms with van der Waals surface area (Å²) in [5.74, 6) is 0.287. The molecule has 1 aromatic carbocycles. The van der Waals surface area contributed by atoms with Gasteiger partial charge in [0.05, 0.1) is 5.56 Å². The van der Waals surface area contributed by atoms with E-state index in [1.54, 1.807) is 30.0 Å². The van der Waals surface area contributed by atoms with E-state index in [-0.39, 0.29) is 5.82 Å². The van der Waals surface area contributed by atoms with E-state index in [1.165, 1.54) is 6.07 Å². The molecule has 0 radical (unpaired) electrons. The fourth-order valence-corrected chi connectivity index (χ4v) is 2.26. The van der Waals surface area contributed by atoms with E-state index in [0.29, 0.717) is 16.6 Å². The van der Waals surface area contributed by atoms with Gasteiger partial charge in [-0.1, -0.05) is 37.7 Å². The molecule has 1 aromatic heterocycles. The van der Waals surface area contributed by atoms with Gasteiger partial charge < -0.3 is 4.57 Å². The molecule has 0 N–H and O–H groups in total. The van der Waals surface area contributed by atoms with Crippen molar-refractivity contribution in [2.45, 2.75) is 24.3 Å². The van der Waals surface area contributed by atoms with Crippen LogP contribution in [0.3, 0.4) is 0 Å². The lowest BCUT2D eigenvalue weighted by Crippen LogP contribution is -1.98.